The van der Waals surface area contributed by atoms with Gasteiger partial charge >= 0.3 is 0 Å². The molecular weight excluding hydrogens is 548 g/mol. The van der Waals surface area contributed by atoms with Gasteiger partial charge in [-0.2, -0.15) is 0 Å². The van der Waals surface area contributed by atoms with E-state index in [1.54, 1.807) is 30.5 Å². The van der Waals surface area contributed by atoms with Crippen LogP contribution < -0.4 is 20.3 Å². The first-order valence-electron chi connectivity index (χ1n) is 14.8. The zero-order valence-electron chi connectivity index (χ0n) is 24.4. The lowest BCUT2D eigenvalue weighted by Crippen LogP contribution is -2.50. The van der Waals surface area contributed by atoms with Gasteiger partial charge in [0.05, 0.1) is 18.6 Å². The van der Waals surface area contributed by atoms with Gasteiger partial charge in [0.15, 0.2) is 0 Å². The van der Waals surface area contributed by atoms with Crippen LogP contribution in [0.2, 0.25) is 0 Å². The van der Waals surface area contributed by atoms with E-state index in [1.165, 1.54) is 18.8 Å². The van der Waals surface area contributed by atoms with Crippen molar-refractivity contribution in [1.29, 1.82) is 0 Å². The first-order valence-corrected chi connectivity index (χ1v) is 14.8. The molecule has 0 radical (unpaired) electrons. The fourth-order valence-corrected chi connectivity index (χ4v) is 5.72. The van der Waals surface area contributed by atoms with E-state index in [0.29, 0.717) is 62.5 Å². The summed E-state index contributed by atoms with van der Waals surface area (Å²) >= 11 is 0. The first kappa shape index (κ1) is 29.8. The normalized spacial score (nSPS) is 15.9. The Balaban J connectivity index is 1.04. The van der Waals surface area contributed by atoms with E-state index < -0.39 is 6.04 Å². The van der Waals surface area contributed by atoms with E-state index in [4.69, 9.17) is 4.74 Å². The Morgan fingerprint density at radius 2 is 1.84 bits per heavy atom. The molecule has 1 unspecified atom stereocenters. The molecule has 1 aromatic heterocycles. The molecule has 3 aromatic rings. The Kier molecular flexibility index (Phi) is 9.70. The van der Waals surface area contributed by atoms with Gasteiger partial charge < -0.3 is 30.2 Å². The third-order valence-corrected chi connectivity index (χ3v) is 7.90. The van der Waals surface area contributed by atoms with Crippen LogP contribution in [-0.4, -0.2) is 76.8 Å². The number of ether oxygens (including phenoxy) is 1. The number of anilines is 1. The van der Waals surface area contributed by atoms with Crippen molar-refractivity contribution in [2.75, 3.05) is 31.1 Å². The van der Waals surface area contributed by atoms with Gasteiger partial charge in [-0.05, 0) is 61.6 Å². The number of nitrogens with one attached hydrogen (secondary N) is 3. The molecule has 0 bridgehead atoms. The van der Waals surface area contributed by atoms with E-state index in [-0.39, 0.29) is 29.7 Å². The molecule has 226 valence electrons. The Labute approximate surface area is 251 Å². The molecule has 1 saturated heterocycles. The zero-order chi connectivity index (χ0) is 30.2. The van der Waals surface area contributed by atoms with E-state index in [2.05, 4.69) is 26.7 Å². The lowest BCUT2D eigenvalue weighted by Gasteiger charge is -2.41. The van der Waals surface area contributed by atoms with Gasteiger partial charge in [0.25, 0.3) is 5.91 Å². The number of benzene rings is 2. The zero-order valence-corrected chi connectivity index (χ0v) is 24.4. The fraction of sp³-hybridized carbons (Fsp3) is 0.406. The second kappa shape index (κ2) is 14.0. The monoisotopic (exact) mass is 586 g/mol. The van der Waals surface area contributed by atoms with E-state index in [1.807, 2.05) is 28.0 Å². The maximum atomic E-state index is 13.2. The average Bonchev–Trinajstić information content (AvgIpc) is 3.53. The van der Waals surface area contributed by atoms with Crippen molar-refractivity contribution >= 4 is 29.3 Å². The summed E-state index contributed by atoms with van der Waals surface area (Å²) in [7, 11) is 0. The number of aromatic amines is 1. The summed E-state index contributed by atoms with van der Waals surface area (Å²) in [6.07, 6.45) is 6.89. The number of rotatable bonds is 11. The molecule has 0 aliphatic carbocycles. The molecule has 0 saturated carbocycles. The van der Waals surface area contributed by atoms with Crippen molar-refractivity contribution in [2.45, 2.75) is 57.5 Å². The third kappa shape index (κ3) is 7.59. The Morgan fingerprint density at radius 3 is 2.56 bits per heavy atom. The number of hydrogen-bond acceptors (Lipinski definition) is 6. The minimum absolute atomic E-state index is 0.0263. The molecular formula is C32H38N6O5. The fourth-order valence-electron chi connectivity index (χ4n) is 5.72. The van der Waals surface area contributed by atoms with Crippen molar-refractivity contribution in [3.8, 4) is 5.75 Å². The molecule has 4 amide bonds. The molecule has 11 nitrogen and oxygen atoms in total. The quantitative estimate of drug-likeness (QED) is 0.296. The number of aromatic nitrogens is 2. The summed E-state index contributed by atoms with van der Waals surface area (Å²) < 4.78 is 5.80. The number of para-hydroxylation sites is 1. The third-order valence-electron chi connectivity index (χ3n) is 7.90. The summed E-state index contributed by atoms with van der Waals surface area (Å²) in [4.78, 5) is 60.8. The smallest absolute Gasteiger partial charge is 0.253 e. The van der Waals surface area contributed by atoms with Crippen LogP contribution >= 0.6 is 0 Å². The largest absolute Gasteiger partial charge is 0.494 e. The summed E-state index contributed by atoms with van der Waals surface area (Å²) in [5.74, 6) is 0.212. The SMILES string of the molecule is CC(=O)NC(Cc1c[nH]cn1)C(=O)NCCCOc1ccc(C(=O)N2CCC(N3C(=O)CCc4ccccc43)CC2)cc1. The number of imidazole rings is 1. The molecule has 3 heterocycles. The number of hydrogen-bond donors (Lipinski definition) is 3. The molecule has 2 aliphatic heterocycles. The lowest BCUT2D eigenvalue weighted by atomic mass is 9.95. The number of fused-ring (bicyclic) bond motifs is 1. The number of aryl methyl sites for hydroxylation is 1. The molecule has 0 spiro atoms. The van der Waals surface area contributed by atoms with E-state index >= 15 is 0 Å². The van der Waals surface area contributed by atoms with Crippen LogP contribution in [-0.2, 0) is 27.2 Å². The van der Waals surface area contributed by atoms with Gasteiger partial charge in [-0.3, -0.25) is 19.2 Å². The maximum Gasteiger partial charge on any atom is 0.253 e. The number of nitrogens with zero attached hydrogens (tertiary/aromatic N) is 3. The number of H-pyrrole nitrogens is 1. The molecule has 2 aliphatic rings. The standard InChI is InChI=1S/C32H38N6O5/c1-22(39)36-28(19-25-20-33-21-35-25)31(41)34-15-4-18-43-27-10-7-24(8-11-27)32(42)37-16-13-26(14-17-37)38-29-6-3-2-5-23(29)9-12-30(38)40/h2-3,5-8,10-11,20-21,26,28H,4,9,12-19H2,1H3,(H,33,35)(H,34,41)(H,36,39). The molecule has 1 atom stereocenters. The Hall–Kier alpha value is -4.67. The second-order valence-corrected chi connectivity index (χ2v) is 11.0. The highest BCUT2D eigenvalue weighted by atomic mass is 16.5. The second-order valence-electron chi connectivity index (χ2n) is 11.0. The van der Waals surface area contributed by atoms with E-state index in [0.717, 1.165) is 24.9 Å². The molecule has 2 aromatic carbocycles. The van der Waals surface area contributed by atoms with Crippen LogP contribution in [0.5, 0.6) is 5.75 Å². The summed E-state index contributed by atoms with van der Waals surface area (Å²) in [6.45, 7) is 3.34. The van der Waals surface area contributed by atoms with Gasteiger partial charge in [-0.1, -0.05) is 18.2 Å². The van der Waals surface area contributed by atoms with Crippen molar-refractivity contribution in [2.24, 2.45) is 0 Å². The first-order chi connectivity index (χ1) is 20.9. The Morgan fingerprint density at radius 1 is 1.07 bits per heavy atom. The van der Waals surface area contributed by atoms with Crippen LogP contribution in [0.4, 0.5) is 5.69 Å². The number of carbonyl (C=O) groups is 4. The number of piperidine rings is 1. The number of likely N-dealkylation sites (tertiary alicyclic amines) is 1. The molecule has 1 fully saturated rings. The highest BCUT2D eigenvalue weighted by molar-refractivity contribution is 5.97. The predicted octanol–water partition coefficient (Wildman–Crippen LogP) is 2.63. The van der Waals surface area contributed by atoms with Crippen LogP contribution in [0.3, 0.4) is 0 Å². The van der Waals surface area contributed by atoms with Crippen LogP contribution in [0.1, 0.15) is 54.2 Å². The van der Waals surface area contributed by atoms with Crippen molar-refractivity contribution < 1.29 is 23.9 Å². The molecule has 3 N–H and O–H groups in total. The molecule has 11 heteroatoms. The lowest BCUT2D eigenvalue weighted by molar-refractivity contribution is -0.128. The Bertz CT molecular complexity index is 1420. The van der Waals surface area contributed by atoms with Gasteiger partial charge in [0.1, 0.15) is 11.8 Å². The number of carbonyl (C=O) groups excluding carboxylic acids is 4. The van der Waals surface area contributed by atoms with Crippen LogP contribution in [0.25, 0.3) is 0 Å². The van der Waals surface area contributed by atoms with Crippen molar-refractivity contribution in [3.05, 3.63) is 77.9 Å². The van der Waals surface area contributed by atoms with Gasteiger partial charge in [-0.25, -0.2) is 4.98 Å². The average molecular weight is 587 g/mol. The molecule has 43 heavy (non-hydrogen) atoms. The predicted molar refractivity (Wildman–Crippen MR) is 161 cm³/mol. The summed E-state index contributed by atoms with van der Waals surface area (Å²) in [5, 5.41) is 5.50. The summed E-state index contributed by atoms with van der Waals surface area (Å²) in [5.41, 5.74) is 3.51. The summed E-state index contributed by atoms with van der Waals surface area (Å²) in [6, 6.07) is 14.6. The van der Waals surface area contributed by atoms with Crippen molar-refractivity contribution in [3.63, 3.8) is 0 Å². The number of amides is 4. The minimum Gasteiger partial charge on any atom is -0.494 e. The van der Waals surface area contributed by atoms with Gasteiger partial charge in [0, 0.05) is 62.9 Å². The minimum atomic E-state index is -0.707. The highest BCUT2D eigenvalue weighted by Crippen LogP contribution is 2.32. The maximum absolute atomic E-state index is 13.2. The van der Waals surface area contributed by atoms with E-state index in [9.17, 15) is 19.2 Å². The van der Waals surface area contributed by atoms with Crippen molar-refractivity contribution in [1.82, 2.24) is 25.5 Å². The molecule has 5 rings (SSSR count). The highest BCUT2D eigenvalue weighted by Gasteiger charge is 2.33. The van der Waals surface area contributed by atoms with Crippen LogP contribution in [0, 0.1) is 0 Å². The van der Waals surface area contributed by atoms with Crippen LogP contribution in [0.15, 0.2) is 61.1 Å². The van der Waals surface area contributed by atoms with Gasteiger partial charge in [0.2, 0.25) is 17.7 Å². The topological polar surface area (TPSA) is 137 Å². The van der Waals surface area contributed by atoms with Gasteiger partial charge in [-0.15, -0.1) is 0 Å².